The third-order valence-corrected chi connectivity index (χ3v) is 4.93. The minimum atomic E-state index is -0.718. The van der Waals surface area contributed by atoms with Crippen LogP contribution in [0.5, 0.6) is 0 Å². The summed E-state index contributed by atoms with van der Waals surface area (Å²) in [5, 5.41) is 13.0. The van der Waals surface area contributed by atoms with Gasteiger partial charge in [-0.15, -0.1) is 0 Å². The van der Waals surface area contributed by atoms with Gasteiger partial charge < -0.3 is 15.3 Å². The largest absolute Gasteiger partial charge is 0.480 e. The first-order chi connectivity index (χ1) is 9.82. The molecule has 0 heterocycles. The molecule has 0 radical (unpaired) electrons. The summed E-state index contributed by atoms with van der Waals surface area (Å²) in [6.45, 7) is 9.62. The Labute approximate surface area is 130 Å². The number of nitrogens with one attached hydrogen (secondary N) is 1. The second-order valence-corrected chi connectivity index (χ2v) is 7.21. The summed E-state index contributed by atoms with van der Waals surface area (Å²) in [7, 11) is 2.16. The van der Waals surface area contributed by atoms with Gasteiger partial charge in [0.15, 0.2) is 0 Å². The first kappa shape index (κ1) is 18.4. The molecule has 21 heavy (non-hydrogen) atoms. The van der Waals surface area contributed by atoms with Crippen molar-refractivity contribution in [3.63, 3.8) is 0 Å². The molecule has 0 aromatic carbocycles. The molecular formula is C17H34N2O2. The summed E-state index contributed by atoms with van der Waals surface area (Å²) in [6, 6.07) is 0.874. The van der Waals surface area contributed by atoms with E-state index in [1.165, 1.54) is 0 Å². The number of carbonyl (C=O) groups is 1. The monoisotopic (exact) mass is 298 g/mol. The van der Waals surface area contributed by atoms with Gasteiger partial charge >= 0.3 is 5.97 Å². The van der Waals surface area contributed by atoms with Gasteiger partial charge in [0, 0.05) is 12.1 Å². The number of carboxylic acids is 1. The molecule has 1 fully saturated rings. The van der Waals surface area contributed by atoms with Crippen molar-refractivity contribution in [2.24, 2.45) is 5.92 Å². The fourth-order valence-electron chi connectivity index (χ4n) is 3.60. The fraction of sp³-hybridized carbons (Fsp3) is 0.941. The average molecular weight is 298 g/mol. The molecule has 0 bridgehead atoms. The number of carboxylic acid groups (broad SMARTS) is 1. The number of hydrogen-bond acceptors (Lipinski definition) is 3. The summed E-state index contributed by atoms with van der Waals surface area (Å²) in [5.74, 6) is -0.000879. The van der Waals surface area contributed by atoms with Crippen LogP contribution in [-0.2, 0) is 4.79 Å². The SMILES string of the molecule is CCCNC1(C(=O)O)CCCC(N(C)C(C)CC(C)C)C1. The molecule has 0 aliphatic heterocycles. The Morgan fingerprint density at radius 1 is 1.43 bits per heavy atom. The van der Waals surface area contributed by atoms with Gasteiger partial charge in [-0.2, -0.15) is 0 Å². The van der Waals surface area contributed by atoms with E-state index in [4.69, 9.17) is 0 Å². The van der Waals surface area contributed by atoms with Crippen molar-refractivity contribution in [1.82, 2.24) is 10.2 Å². The summed E-state index contributed by atoms with van der Waals surface area (Å²) >= 11 is 0. The van der Waals surface area contributed by atoms with Gasteiger partial charge in [-0.25, -0.2) is 0 Å². The lowest BCUT2D eigenvalue weighted by molar-refractivity contribution is -0.147. The highest BCUT2D eigenvalue weighted by molar-refractivity contribution is 5.79. The Balaban J connectivity index is 2.74. The van der Waals surface area contributed by atoms with Crippen molar-refractivity contribution < 1.29 is 9.90 Å². The van der Waals surface area contributed by atoms with Crippen LogP contribution in [0.4, 0.5) is 0 Å². The van der Waals surface area contributed by atoms with E-state index >= 15 is 0 Å². The predicted octanol–water partition coefficient (Wildman–Crippen LogP) is 3.12. The maximum absolute atomic E-state index is 11.8. The average Bonchev–Trinajstić information content (AvgIpc) is 2.43. The van der Waals surface area contributed by atoms with Gasteiger partial charge in [-0.3, -0.25) is 4.79 Å². The van der Waals surface area contributed by atoms with Crippen LogP contribution in [0.25, 0.3) is 0 Å². The van der Waals surface area contributed by atoms with Crippen molar-refractivity contribution in [3.8, 4) is 0 Å². The minimum absolute atomic E-state index is 0.368. The number of rotatable bonds is 8. The van der Waals surface area contributed by atoms with Crippen LogP contribution in [0, 0.1) is 5.92 Å². The van der Waals surface area contributed by atoms with Crippen LogP contribution in [0.15, 0.2) is 0 Å². The third-order valence-electron chi connectivity index (χ3n) is 4.93. The molecule has 3 unspecified atom stereocenters. The number of nitrogens with zero attached hydrogens (tertiary/aromatic N) is 1. The summed E-state index contributed by atoms with van der Waals surface area (Å²) in [5.41, 5.74) is -0.718. The first-order valence-corrected chi connectivity index (χ1v) is 8.52. The molecule has 4 nitrogen and oxygen atoms in total. The number of aliphatic carboxylic acids is 1. The van der Waals surface area contributed by atoms with Crippen molar-refractivity contribution in [2.45, 2.75) is 83.8 Å². The molecule has 0 spiro atoms. The molecule has 0 aromatic rings. The number of hydrogen-bond donors (Lipinski definition) is 2. The molecule has 0 aromatic heterocycles. The molecule has 1 rings (SSSR count). The lowest BCUT2D eigenvalue weighted by Gasteiger charge is -2.44. The highest BCUT2D eigenvalue weighted by Gasteiger charge is 2.43. The van der Waals surface area contributed by atoms with Crippen molar-refractivity contribution in [3.05, 3.63) is 0 Å². The Morgan fingerprint density at radius 3 is 2.62 bits per heavy atom. The molecule has 1 saturated carbocycles. The van der Waals surface area contributed by atoms with Gasteiger partial charge in [-0.1, -0.05) is 20.8 Å². The van der Waals surface area contributed by atoms with Crippen LogP contribution in [0.2, 0.25) is 0 Å². The van der Waals surface area contributed by atoms with Crippen molar-refractivity contribution in [2.75, 3.05) is 13.6 Å². The van der Waals surface area contributed by atoms with Crippen molar-refractivity contribution in [1.29, 1.82) is 0 Å². The van der Waals surface area contributed by atoms with Gasteiger partial charge in [0.2, 0.25) is 0 Å². The molecule has 0 amide bonds. The van der Waals surface area contributed by atoms with Crippen LogP contribution in [0.1, 0.15) is 66.2 Å². The smallest absolute Gasteiger partial charge is 0.323 e. The van der Waals surface area contributed by atoms with E-state index in [1.54, 1.807) is 0 Å². The van der Waals surface area contributed by atoms with E-state index in [2.05, 4.69) is 45.0 Å². The van der Waals surface area contributed by atoms with Crippen LogP contribution < -0.4 is 5.32 Å². The fourth-order valence-corrected chi connectivity index (χ4v) is 3.60. The zero-order valence-electron chi connectivity index (χ0n) is 14.5. The highest BCUT2D eigenvalue weighted by atomic mass is 16.4. The second-order valence-electron chi connectivity index (χ2n) is 7.21. The molecule has 2 N–H and O–H groups in total. The summed E-state index contributed by atoms with van der Waals surface area (Å²) in [4.78, 5) is 14.2. The molecule has 1 aliphatic rings. The Hall–Kier alpha value is -0.610. The van der Waals surface area contributed by atoms with Crippen LogP contribution in [-0.4, -0.2) is 47.2 Å². The standard InChI is InChI=1S/C17H34N2O2/c1-6-10-18-17(16(20)21)9-7-8-15(12-17)19(5)14(4)11-13(2)3/h13-15,18H,6-12H2,1-5H3,(H,20,21). The molecule has 124 valence electrons. The second kappa shape index (κ2) is 8.14. The van der Waals surface area contributed by atoms with E-state index in [-0.39, 0.29) is 0 Å². The van der Waals surface area contributed by atoms with Gasteiger partial charge in [-0.05, 0) is 65.0 Å². The lowest BCUT2D eigenvalue weighted by Crippen LogP contribution is -2.58. The summed E-state index contributed by atoms with van der Waals surface area (Å²) in [6.07, 6.45) is 5.72. The van der Waals surface area contributed by atoms with E-state index in [0.717, 1.165) is 45.1 Å². The van der Waals surface area contributed by atoms with E-state index < -0.39 is 11.5 Å². The highest BCUT2D eigenvalue weighted by Crippen LogP contribution is 2.32. The maximum atomic E-state index is 11.8. The molecule has 3 atom stereocenters. The van der Waals surface area contributed by atoms with Crippen molar-refractivity contribution >= 4 is 5.97 Å². The first-order valence-electron chi connectivity index (χ1n) is 8.52. The molecule has 0 saturated heterocycles. The van der Waals surface area contributed by atoms with E-state index in [1.807, 2.05) is 0 Å². The quantitative estimate of drug-likeness (QED) is 0.723. The Bertz CT molecular complexity index is 333. The van der Waals surface area contributed by atoms with Gasteiger partial charge in [0.1, 0.15) is 5.54 Å². The molecule has 4 heteroatoms. The van der Waals surface area contributed by atoms with E-state index in [0.29, 0.717) is 18.0 Å². The zero-order chi connectivity index (χ0) is 16.0. The Morgan fingerprint density at radius 2 is 2.10 bits per heavy atom. The van der Waals surface area contributed by atoms with Gasteiger partial charge in [0.25, 0.3) is 0 Å². The Kier molecular flexibility index (Phi) is 7.14. The third kappa shape index (κ3) is 4.96. The van der Waals surface area contributed by atoms with E-state index in [9.17, 15) is 9.90 Å². The normalized spacial score (nSPS) is 28.0. The molecular weight excluding hydrogens is 264 g/mol. The summed E-state index contributed by atoms with van der Waals surface area (Å²) < 4.78 is 0. The van der Waals surface area contributed by atoms with Gasteiger partial charge in [0.05, 0.1) is 0 Å². The zero-order valence-corrected chi connectivity index (χ0v) is 14.5. The minimum Gasteiger partial charge on any atom is -0.480 e. The topological polar surface area (TPSA) is 52.6 Å². The molecule has 1 aliphatic carbocycles. The van der Waals surface area contributed by atoms with Crippen LogP contribution in [0.3, 0.4) is 0 Å². The predicted molar refractivity (Wildman–Crippen MR) is 87.6 cm³/mol. The lowest BCUT2D eigenvalue weighted by atomic mass is 9.78. The maximum Gasteiger partial charge on any atom is 0.323 e. The van der Waals surface area contributed by atoms with Crippen LogP contribution >= 0.6 is 0 Å².